The molecule has 2 aromatic heterocycles. The molecular formula is C16H23N5O2S. The van der Waals surface area contributed by atoms with E-state index in [-0.39, 0.29) is 17.9 Å². The third-order valence-corrected chi connectivity index (χ3v) is 5.62. The maximum atomic E-state index is 12.6. The van der Waals surface area contributed by atoms with Crippen molar-refractivity contribution < 1.29 is 9.59 Å². The van der Waals surface area contributed by atoms with Gasteiger partial charge in [0.25, 0.3) is 5.91 Å². The maximum Gasteiger partial charge on any atom is 0.262 e. The monoisotopic (exact) mass is 349 g/mol. The molecule has 0 spiro atoms. The molecule has 1 fully saturated rings. The Morgan fingerprint density at radius 2 is 2.25 bits per heavy atom. The van der Waals surface area contributed by atoms with Crippen molar-refractivity contribution in [1.82, 2.24) is 25.3 Å². The van der Waals surface area contributed by atoms with Gasteiger partial charge in [-0.3, -0.25) is 14.3 Å². The van der Waals surface area contributed by atoms with Gasteiger partial charge in [-0.25, -0.2) is 0 Å². The normalized spacial score (nSPS) is 19.5. The van der Waals surface area contributed by atoms with Crippen LogP contribution < -0.4 is 10.6 Å². The molecule has 2 N–H and O–H groups in total. The van der Waals surface area contributed by atoms with E-state index in [0.29, 0.717) is 11.4 Å². The Labute approximate surface area is 145 Å². The molecule has 2 amide bonds. The third-order valence-electron chi connectivity index (χ3n) is 4.42. The van der Waals surface area contributed by atoms with Gasteiger partial charge in [0.05, 0.1) is 10.6 Å². The molecule has 7 nitrogen and oxygen atoms in total. The second-order valence-electron chi connectivity index (χ2n) is 6.32. The van der Waals surface area contributed by atoms with Crippen molar-refractivity contribution in [1.29, 1.82) is 0 Å². The molecule has 3 rings (SSSR count). The Bertz CT molecular complexity index is 746. The quantitative estimate of drug-likeness (QED) is 0.862. The Balaban J connectivity index is 1.70. The van der Waals surface area contributed by atoms with Gasteiger partial charge in [-0.05, 0) is 26.8 Å². The molecule has 24 heavy (non-hydrogen) atoms. The number of piperazine rings is 1. The van der Waals surface area contributed by atoms with Crippen LogP contribution in [0.5, 0.6) is 0 Å². The molecule has 130 valence electrons. The van der Waals surface area contributed by atoms with Crippen LogP contribution in [0.15, 0.2) is 6.07 Å². The van der Waals surface area contributed by atoms with Gasteiger partial charge in [0.1, 0.15) is 10.9 Å². The number of fused-ring (bicyclic) bond motifs is 1. The lowest BCUT2D eigenvalue weighted by Crippen LogP contribution is -2.57. The van der Waals surface area contributed by atoms with Crippen LogP contribution in [0.1, 0.15) is 29.2 Å². The van der Waals surface area contributed by atoms with Crippen LogP contribution in [0.3, 0.4) is 0 Å². The lowest BCUT2D eigenvalue weighted by molar-refractivity contribution is -0.135. The smallest absolute Gasteiger partial charge is 0.262 e. The van der Waals surface area contributed by atoms with Crippen molar-refractivity contribution in [2.75, 3.05) is 19.6 Å². The van der Waals surface area contributed by atoms with Gasteiger partial charge in [0.15, 0.2) is 0 Å². The standard InChI is InChI=1S/C16H23N5O2S/c1-9-8-17-5-6-21(9)15(23)11(3)18-14(22)13-7-12-10(2)19-20(4)16(12)24-13/h7,9,11,17H,5-6,8H2,1-4H3,(H,18,22)/t9-,11?/m0/s1. The van der Waals surface area contributed by atoms with E-state index >= 15 is 0 Å². The lowest BCUT2D eigenvalue weighted by Gasteiger charge is -2.35. The highest BCUT2D eigenvalue weighted by Gasteiger charge is 2.28. The summed E-state index contributed by atoms with van der Waals surface area (Å²) in [6, 6.07) is 1.45. The van der Waals surface area contributed by atoms with E-state index in [1.807, 2.05) is 31.9 Å². The minimum Gasteiger partial charge on any atom is -0.340 e. The van der Waals surface area contributed by atoms with Gasteiger partial charge in [-0.15, -0.1) is 11.3 Å². The molecule has 2 atom stereocenters. The van der Waals surface area contributed by atoms with Gasteiger partial charge in [0.2, 0.25) is 5.91 Å². The Kier molecular flexibility index (Phi) is 4.60. The number of hydrogen-bond acceptors (Lipinski definition) is 5. The molecule has 1 unspecified atom stereocenters. The summed E-state index contributed by atoms with van der Waals surface area (Å²) in [5.41, 5.74) is 0.904. The van der Waals surface area contributed by atoms with Gasteiger partial charge >= 0.3 is 0 Å². The fourth-order valence-electron chi connectivity index (χ4n) is 3.06. The highest BCUT2D eigenvalue weighted by atomic mass is 32.1. The van der Waals surface area contributed by atoms with Crippen LogP contribution in [-0.2, 0) is 11.8 Å². The van der Waals surface area contributed by atoms with Crippen molar-refractivity contribution >= 4 is 33.4 Å². The predicted octanol–water partition coefficient (Wildman–Crippen LogP) is 0.882. The van der Waals surface area contributed by atoms with E-state index in [1.165, 1.54) is 11.3 Å². The Hall–Kier alpha value is -1.93. The number of hydrogen-bond donors (Lipinski definition) is 2. The summed E-state index contributed by atoms with van der Waals surface area (Å²) in [6.07, 6.45) is 0. The second-order valence-corrected chi connectivity index (χ2v) is 7.35. The van der Waals surface area contributed by atoms with E-state index < -0.39 is 6.04 Å². The average Bonchev–Trinajstić information content (AvgIpc) is 3.09. The average molecular weight is 349 g/mol. The molecule has 2 aromatic rings. The first kappa shape index (κ1) is 16.9. The first-order valence-electron chi connectivity index (χ1n) is 8.13. The zero-order valence-electron chi connectivity index (χ0n) is 14.4. The largest absolute Gasteiger partial charge is 0.340 e. The lowest BCUT2D eigenvalue weighted by atomic mass is 10.1. The molecule has 0 aliphatic carbocycles. The van der Waals surface area contributed by atoms with Crippen LogP contribution in [0.2, 0.25) is 0 Å². The molecule has 1 saturated heterocycles. The molecule has 0 radical (unpaired) electrons. The SMILES string of the molecule is Cc1nn(C)c2sc(C(=O)NC(C)C(=O)N3CCNC[C@@H]3C)cc12. The maximum absolute atomic E-state index is 12.6. The molecule has 1 aliphatic rings. The first-order valence-corrected chi connectivity index (χ1v) is 8.95. The Morgan fingerprint density at radius 1 is 1.50 bits per heavy atom. The molecular weight excluding hydrogens is 326 g/mol. The number of aryl methyl sites for hydroxylation is 2. The summed E-state index contributed by atoms with van der Waals surface area (Å²) < 4.78 is 1.78. The van der Waals surface area contributed by atoms with Gasteiger partial charge in [0, 0.05) is 38.1 Å². The van der Waals surface area contributed by atoms with Crippen molar-refractivity contribution in [2.24, 2.45) is 7.05 Å². The van der Waals surface area contributed by atoms with Gasteiger partial charge in [-0.2, -0.15) is 5.10 Å². The number of rotatable bonds is 3. The number of nitrogens with zero attached hydrogens (tertiary/aromatic N) is 3. The van der Waals surface area contributed by atoms with Crippen LogP contribution in [0.25, 0.3) is 10.2 Å². The molecule has 8 heteroatoms. The molecule has 0 bridgehead atoms. The van der Waals surface area contributed by atoms with Gasteiger partial charge in [-0.1, -0.05) is 0 Å². The number of carbonyl (C=O) groups is 2. The Morgan fingerprint density at radius 3 is 2.92 bits per heavy atom. The summed E-state index contributed by atoms with van der Waals surface area (Å²) >= 11 is 1.40. The summed E-state index contributed by atoms with van der Waals surface area (Å²) in [4.78, 5) is 28.5. The highest BCUT2D eigenvalue weighted by molar-refractivity contribution is 7.20. The predicted molar refractivity (Wildman–Crippen MR) is 94.3 cm³/mol. The van der Waals surface area contributed by atoms with E-state index in [9.17, 15) is 9.59 Å². The van der Waals surface area contributed by atoms with Crippen molar-refractivity contribution in [3.8, 4) is 0 Å². The zero-order valence-corrected chi connectivity index (χ0v) is 15.2. The minimum absolute atomic E-state index is 0.0312. The van der Waals surface area contributed by atoms with Crippen molar-refractivity contribution in [2.45, 2.75) is 32.9 Å². The summed E-state index contributed by atoms with van der Waals surface area (Å²) in [5.74, 6) is -0.240. The van der Waals surface area contributed by atoms with Crippen LogP contribution in [-0.4, -0.2) is 58.2 Å². The number of amides is 2. The number of carbonyl (C=O) groups excluding carboxylic acids is 2. The number of nitrogens with one attached hydrogen (secondary N) is 2. The molecule has 0 aromatic carbocycles. The third kappa shape index (κ3) is 3.03. The summed E-state index contributed by atoms with van der Waals surface area (Å²) in [7, 11) is 1.87. The van der Waals surface area contributed by atoms with Crippen LogP contribution in [0, 0.1) is 6.92 Å². The minimum atomic E-state index is -0.539. The van der Waals surface area contributed by atoms with Crippen LogP contribution >= 0.6 is 11.3 Å². The summed E-state index contributed by atoms with van der Waals surface area (Å²) in [5, 5.41) is 11.4. The first-order chi connectivity index (χ1) is 11.4. The number of thiophene rings is 1. The van der Waals surface area contributed by atoms with Gasteiger partial charge < -0.3 is 15.5 Å². The fourth-order valence-corrected chi connectivity index (χ4v) is 4.09. The second kappa shape index (κ2) is 6.52. The van der Waals surface area contributed by atoms with E-state index in [1.54, 1.807) is 11.6 Å². The van der Waals surface area contributed by atoms with E-state index in [4.69, 9.17) is 0 Å². The fraction of sp³-hybridized carbons (Fsp3) is 0.562. The van der Waals surface area contributed by atoms with E-state index in [0.717, 1.165) is 29.0 Å². The van der Waals surface area contributed by atoms with Crippen molar-refractivity contribution in [3.63, 3.8) is 0 Å². The molecule has 1 aliphatic heterocycles. The molecule has 3 heterocycles. The van der Waals surface area contributed by atoms with Crippen LogP contribution in [0.4, 0.5) is 0 Å². The number of aromatic nitrogens is 2. The summed E-state index contributed by atoms with van der Waals surface area (Å²) in [6.45, 7) is 7.94. The highest BCUT2D eigenvalue weighted by Crippen LogP contribution is 2.27. The molecule has 0 saturated carbocycles. The van der Waals surface area contributed by atoms with Crippen molar-refractivity contribution in [3.05, 3.63) is 16.6 Å². The topological polar surface area (TPSA) is 79.3 Å². The van der Waals surface area contributed by atoms with E-state index in [2.05, 4.69) is 15.7 Å². The zero-order chi connectivity index (χ0) is 17.4.